The zero-order chi connectivity index (χ0) is 12.8. The molecule has 0 heterocycles. The Morgan fingerprint density at radius 2 is 2.18 bits per heavy atom. The summed E-state index contributed by atoms with van der Waals surface area (Å²) < 4.78 is 4.97. The largest absolute Gasteiger partial charge is 0.496 e. The summed E-state index contributed by atoms with van der Waals surface area (Å²) in [5.74, 6) is -0.730. The molecule has 4 N–H and O–H groups in total. The average Bonchev–Trinajstić information content (AvgIpc) is 2.34. The fourth-order valence-corrected chi connectivity index (χ4v) is 1.31. The minimum atomic E-state index is -0.621. The maximum absolute atomic E-state index is 11.6. The number of benzene rings is 1. The van der Waals surface area contributed by atoms with Crippen LogP contribution in [0.1, 0.15) is 20.7 Å². The smallest absolute Gasteiger partial charge is 0.252 e. The molecule has 0 fully saturated rings. The number of amides is 2. The van der Waals surface area contributed by atoms with Crippen LogP contribution in [0, 0.1) is 0 Å². The topological polar surface area (TPSA) is 102 Å². The van der Waals surface area contributed by atoms with Crippen molar-refractivity contribution >= 4 is 11.8 Å². The van der Waals surface area contributed by atoms with E-state index in [2.05, 4.69) is 5.32 Å². The van der Waals surface area contributed by atoms with E-state index in [0.717, 1.165) is 0 Å². The monoisotopic (exact) mass is 238 g/mol. The highest BCUT2D eigenvalue weighted by Gasteiger charge is 2.12. The van der Waals surface area contributed by atoms with Gasteiger partial charge in [0.15, 0.2) is 0 Å². The summed E-state index contributed by atoms with van der Waals surface area (Å²) in [5, 5.41) is 11.1. The van der Waals surface area contributed by atoms with Crippen molar-refractivity contribution in [3.8, 4) is 5.75 Å². The maximum atomic E-state index is 11.6. The molecule has 6 nitrogen and oxygen atoms in total. The molecule has 0 saturated carbocycles. The zero-order valence-corrected chi connectivity index (χ0v) is 9.40. The molecule has 0 aliphatic carbocycles. The lowest BCUT2D eigenvalue weighted by molar-refractivity contribution is 0.0941. The maximum Gasteiger partial charge on any atom is 0.252 e. The highest BCUT2D eigenvalue weighted by Crippen LogP contribution is 2.19. The molecule has 0 aromatic heterocycles. The van der Waals surface area contributed by atoms with Gasteiger partial charge in [0, 0.05) is 12.1 Å². The van der Waals surface area contributed by atoms with E-state index in [0.29, 0.717) is 5.56 Å². The van der Waals surface area contributed by atoms with Gasteiger partial charge in [-0.25, -0.2) is 0 Å². The molecule has 0 spiro atoms. The Morgan fingerprint density at radius 1 is 1.47 bits per heavy atom. The lowest BCUT2D eigenvalue weighted by atomic mass is 10.1. The van der Waals surface area contributed by atoms with E-state index in [9.17, 15) is 9.59 Å². The second-order valence-corrected chi connectivity index (χ2v) is 3.26. The molecule has 17 heavy (non-hydrogen) atoms. The Labute approximate surface area is 98.4 Å². The number of aliphatic hydroxyl groups excluding tert-OH is 1. The Hall–Kier alpha value is -2.08. The van der Waals surface area contributed by atoms with Crippen molar-refractivity contribution in [1.29, 1.82) is 0 Å². The fourth-order valence-electron chi connectivity index (χ4n) is 1.31. The lowest BCUT2D eigenvalue weighted by Gasteiger charge is -2.08. The molecule has 0 saturated heterocycles. The first-order valence-electron chi connectivity index (χ1n) is 4.97. The molecule has 1 rings (SSSR count). The Bertz CT molecular complexity index is 431. The van der Waals surface area contributed by atoms with Crippen molar-refractivity contribution in [2.75, 3.05) is 20.3 Å². The van der Waals surface area contributed by atoms with E-state index in [1.807, 2.05) is 0 Å². The van der Waals surface area contributed by atoms with Gasteiger partial charge in [-0.2, -0.15) is 0 Å². The second kappa shape index (κ2) is 5.86. The summed E-state index contributed by atoms with van der Waals surface area (Å²) in [4.78, 5) is 22.6. The number of hydrogen-bond acceptors (Lipinski definition) is 4. The predicted octanol–water partition coefficient (Wildman–Crippen LogP) is -0.484. The number of methoxy groups -OCH3 is 1. The van der Waals surface area contributed by atoms with Gasteiger partial charge in [-0.1, -0.05) is 0 Å². The van der Waals surface area contributed by atoms with Gasteiger partial charge in [-0.15, -0.1) is 0 Å². The van der Waals surface area contributed by atoms with Crippen LogP contribution in [0.3, 0.4) is 0 Å². The van der Waals surface area contributed by atoms with Crippen LogP contribution in [0.2, 0.25) is 0 Å². The summed E-state index contributed by atoms with van der Waals surface area (Å²) in [6.07, 6.45) is 0. The molecule has 0 unspecified atom stereocenters. The summed E-state index contributed by atoms with van der Waals surface area (Å²) in [7, 11) is 1.39. The average molecular weight is 238 g/mol. The zero-order valence-electron chi connectivity index (χ0n) is 9.40. The minimum absolute atomic E-state index is 0.137. The summed E-state index contributed by atoms with van der Waals surface area (Å²) in [6.45, 7) is 0.0287. The summed E-state index contributed by atoms with van der Waals surface area (Å²) in [5.41, 5.74) is 5.69. The number of aliphatic hydroxyl groups is 1. The standard InChI is InChI=1S/C11H14N2O4/c1-17-9-6-7(11(16)13-4-5-14)2-3-8(9)10(12)15/h2-3,6,14H,4-5H2,1H3,(H2,12,15)(H,13,16). The molecule has 1 aromatic carbocycles. The highest BCUT2D eigenvalue weighted by molar-refractivity contribution is 5.99. The van der Waals surface area contributed by atoms with Crippen molar-refractivity contribution in [2.45, 2.75) is 0 Å². The third-order valence-electron chi connectivity index (χ3n) is 2.13. The fraction of sp³-hybridized carbons (Fsp3) is 0.273. The van der Waals surface area contributed by atoms with E-state index >= 15 is 0 Å². The number of carbonyl (C=O) groups excluding carboxylic acids is 2. The quantitative estimate of drug-likeness (QED) is 0.644. The van der Waals surface area contributed by atoms with Crippen molar-refractivity contribution < 1.29 is 19.4 Å². The molecule has 0 atom stereocenters. The van der Waals surface area contributed by atoms with Crippen LogP contribution in [0.4, 0.5) is 0 Å². The van der Waals surface area contributed by atoms with Gasteiger partial charge < -0.3 is 20.9 Å². The first kappa shape index (κ1) is 13.0. The van der Waals surface area contributed by atoms with Crippen LogP contribution in [0.25, 0.3) is 0 Å². The molecule has 0 aliphatic heterocycles. The number of hydrogen-bond donors (Lipinski definition) is 3. The minimum Gasteiger partial charge on any atom is -0.496 e. The van der Waals surface area contributed by atoms with E-state index in [1.54, 1.807) is 0 Å². The normalized spacial score (nSPS) is 9.76. The van der Waals surface area contributed by atoms with Crippen LogP contribution in [-0.4, -0.2) is 37.2 Å². The molecular weight excluding hydrogens is 224 g/mol. The van der Waals surface area contributed by atoms with Gasteiger partial charge in [0.1, 0.15) is 5.75 Å². The number of rotatable bonds is 5. The van der Waals surface area contributed by atoms with Crippen molar-refractivity contribution in [1.82, 2.24) is 5.32 Å². The first-order chi connectivity index (χ1) is 8.10. The van der Waals surface area contributed by atoms with Crippen molar-refractivity contribution in [2.24, 2.45) is 5.73 Å². The Kier molecular flexibility index (Phi) is 4.47. The van der Waals surface area contributed by atoms with Crippen LogP contribution in [0.5, 0.6) is 5.75 Å². The molecule has 92 valence electrons. The Morgan fingerprint density at radius 3 is 2.71 bits per heavy atom. The molecule has 0 radical (unpaired) electrons. The molecule has 0 aliphatic rings. The van der Waals surface area contributed by atoms with E-state index < -0.39 is 5.91 Å². The number of nitrogens with one attached hydrogen (secondary N) is 1. The van der Waals surface area contributed by atoms with Crippen LogP contribution < -0.4 is 15.8 Å². The molecule has 1 aromatic rings. The van der Waals surface area contributed by atoms with E-state index in [-0.39, 0.29) is 30.4 Å². The van der Waals surface area contributed by atoms with Gasteiger partial charge >= 0.3 is 0 Å². The van der Waals surface area contributed by atoms with Gasteiger partial charge in [0.25, 0.3) is 11.8 Å². The number of carbonyl (C=O) groups is 2. The van der Waals surface area contributed by atoms with Gasteiger partial charge in [-0.05, 0) is 18.2 Å². The molecule has 0 bridgehead atoms. The van der Waals surface area contributed by atoms with Gasteiger partial charge in [0.2, 0.25) is 0 Å². The molecule has 6 heteroatoms. The number of nitrogens with two attached hydrogens (primary N) is 1. The first-order valence-corrected chi connectivity index (χ1v) is 4.97. The van der Waals surface area contributed by atoms with Crippen LogP contribution in [0.15, 0.2) is 18.2 Å². The van der Waals surface area contributed by atoms with Gasteiger partial charge in [-0.3, -0.25) is 9.59 Å². The van der Waals surface area contributed by atoms with E-state index in [1.165, 1.54) is 25.3 Å². The summed E-state index contributed by atoms with van der Waals surface area (Å²) in [6, 6.07) is 4.32. The van der Waals surface area contributed by atoms with Crippen LogP contribution in [-0.2, 0) is 0 Å². The molecule has 2 amide bonds. The SMILES string of the molecule is COc1cc(C(=O)NCCO)ccc1C(N)=O. The third kappa shape index (κ3) is 3.18. The number of primary amides is 1. The highest BCUT2D eigenvalue weighted by atomic mass is 16.5. The molecular formula is C11H14N2O4. The van der Waals surface area contributed by atoms with E-state index in [4.69, 9.17) is 15.6 Å². The summed E-state index contributed by atoms with van der Waals surface area (Å²) >= 11 is 0. The third-order valence-corrected chi connectivity index (χ3v) is 2.13. The second-order valence-electron chi connectivity index (χ2n) is 3.26. The number of ether oxygens (including phenoxy) is 1. The Balaban J connectivity index is 2.97. The lowest BCUT2D eigenvalue weighted by Crippen LogP contribution is -2.26. The van der Waals surface area contributed by atoms with Crippen LogP contribution >= 0.6 is 0 Å². The van der Waals surface area contributed by atoms with Crippen molar-refractivity contribution in [3.63, 3.8) is 0 Å². The van der Waals surface area contributed by atoms with Crippen molar-refractivity contribution in [3.05, 3.63) is 29.3 Å². The predicted molar refractivity (Wildman–Crippen MR) is 60.9 cm³/mol. The van der Waals surface area contributed by atoms with Gasteiger partial charge in [0.05, 0.1) is 19.3 Å².